The summed E-state index contributed by atoms with van der Waals surface area (Å²) in [5.41, 5.74) is 14.4. The van der Waals surface area contributed by atoms with Gasteiger partial charge in [0.05, 0.1) is 0 Å². The first kappa shape index (κ1) is 36.5. The van der Waals surface area contributed by atoms with E-state index in [2.05, 4.69) is 152 Å². The molecule has 0 N–H and O–H groups in total. The van der Waals surface area contributed by atoms with Gasteiger partial charge in [-0.15, -0.1) is 24.8 Å². The molecule has 0 amide bonds. The van der Waals surface area contributed by atoms with Crippen molar-refractivity contribution in [1.82, 2.24) is 0 Å². The van der Waals surface area contributed by atoms with Crippen molar-refractivity contribution >= 4 is 32.3 Å². The van der Waals surface area contributed by atoms with Gasteiger partial charge < -0.3 is 0 Å². The molecule has 0 nitrogen and oxygen atoms in total. The molecule has 0 fully saturated rings. The van der Waals surface area contributed by atoms with Crippen LogP contribution >= 0.6 is 24.8 Å². The van der Waals surface area contributed by atoms with Gasteiger partial charge in [0.15, 0.2) is 0 Å². The predicted molar refractivity (Wildman–Crippen MR) is 205 cm³/mol. The Morgan fingerprint density at radius 1 is 0.652 bits per heavy atom. The second-order valence-corrected chi connectivity index (χ2v) is 30.3. The molecule has 4 aromatic rings. The van der Waals surface area contributed by atoms with Gasteiger partial charge in [-0.3, -0.25) is 0 Å². The summed E-state index contributed by atoms with van der Waals surface area (Å²) in [5, 5.41) is 0. The SMILES string of the molecule is Cl.Cl.[CH2]=[Zr]([CH2]c1ccc(C)cc1)([CH2]c1ccc(C)cc1)([C]1=CC=CC1)[c]1cc(C(C)(C)C)cc2c1Cc1ccc(C(C)(C)C)cc1-2. The van der Waals surface area contributed by atoms with Gasteiger partial charge in [-0.05, 0) is 0 Å². The van der Waals surface area contributed by atoms with Crippen LogP contribution in [0.1, 0.15) is 92.5 Å². The van der Waals surface area contributed by atoms with Crippen LogP contribution in [0.25, 0.3) is 11.1 Å². The molecule has 0 spiro atoms. The van der Waals surface area contributed by atoms with Crippen LogP contribution in [0, 0.1) is 13.8 Å². The van der Waals surface area contributed by atoms with Crippen LogP contribution in [0.15, 0.2) is 100 Å². The molecule has 0 saturated carbocycles. The van der Waals surface area contributed by atoms with E-state index in [4.69, 9.17) is 4.21 Å². The number of halogens is 2. The first-order valence-corrected chi connectivity index (χ1v) is 24.1. The number of allylic oxidation sites excluding steroid dienone is 4. The average molecular weight is 731 g/mol. The zero-order valence-corrected chi connectivity index (χ0v) is 33.2. The van der Waals surface area contributed by atoms with Crippen LogP contribution in [-0.4, -0.2) is 4.21 Å². The number of rotatable bonds is 6. The summed E-state index contributed by atoms with van der Waals surface area (Å²) in [6.07, 6.45) is 9.15. The van der Waals surface area contributed by atoms with E-state index >= 15 is 0 Å². The van der Waals surface area contributed by atoms with Crippen molar-refractivity contribution in [2.24, 2.45) is 0 Å². The van der Waals surface area contributed by atoms with Crippen LogP contribution in [0.4, 0.5) is 0 Å². The molecule has 0 atom stereocenters. The Morgan fingerprint density at radius 2 is 1.17 bits per heavy atom. The standard InChI is InChI=1S/C21H25.2C8H9.C5H5.CH2.2ClH.Zr/c1-20(2,3)16-9-7-14-11-15-8-10-17(21(4,5)6)13-19(15)18(14)12-16;2*1-7-3-5-8(2)6-4-7;1-2-4-5-3-1;;;;/h7,9-10,12-13H,11H2,1-6H3;2*3-6H,1H2,2H3;1-3H,4H2;1H2;2*1H;. The van der Waals surface area contributed by atoms with Gasteiger partial charge in [-0.2, -0.15) is 0 Å². The number of benzene rings is 4. The summed E-state index contributed by atoms with van der Waals surface area (Å²) in [6, 6.07) is 31.2. The molecule has 0 bridgehead atoms. The number of hydrogen-bond donors (Lipinski definition) is 0. The summed E-state index contributed by atoms with van der Waals surface area (Å²) in [5.74, 6) is 0. The van der Waals surface area contributed by atoms with Gasteiger partial charge in [-0.1, -0.05) is 0 Å². The molecule has 0 heterocycles. The van der Waals surface area contributed by atoms with Crippen molar-refractivity contribution in [3.8, 4) is 11.1 Å². The molecule has 0 aliphatic heterocycles. The van der Waals surface area contributed by atoms with Gasteiger partial charge in [0.25, 0.3) is 0 Å². The van der Waals surface area contributed by atoms with E-state index in [1.165, 1.54) is 50.1 Å². The second kappa shape index (κ2) is 13.0. The average Bonchev–Trinajstić information content (AvgIpc) is 3.63. The first-order valence-electron chi connectivity index (χ1n) is 16.5. The molecule has 46 heavy (non-hydrogen) atoms. The molecule has 3 heteroatoms. The number of hydrogen-bond acceptors (Lipinski definition) is 0. The van der Waals surface area contributed by atoms with Crippen LogP contribution in [-0.2, 0) is 43.8 Å². The second-order valence-electron chi connectivity index (χ2n) is 16.2. The molecule has 6 rings (SSSR count). The van der Waals surface area contributed by atoms with Gasteiger partial charge in [0.2, 0.25) is 0 Å². The van der Waals surface area contributed by atoms with Gasteiger partial charge in [0.1, 0.15) is 0 Å². The summed E-state index contributed by atoms with van der Waals surface area (Å²) >= 11 is -4.40. The van der Waals surface area contributed by atoms with E-state index in [1.54, 1.807) is 12.1 Å². The van der Waals surface area contributed by atoms with Crippen molar-refractivity contribution in [1.29, 1.82) is 0 Å². The molecule has 2 aliphatic carbocycles. The zero-order chi connectivity index (χ0) is 31.5. The van der Waals surface area contributed by atoms with E-state index < -0.39 is 18.3 Å². The summed E-state index contributed by atoms with van der Waals surface area (Å²) in [4.78, 5) is 0. The third-order valence-electron chi connectivity index (χ3n) is 10.6. The molecule has 242 valence electrons. The fourth-order valence-electron chi connectivity index (χ4n) is 7.74. The fraction of sp³-hybridized carbons (Fsp3) is 0.326. The third-order valence-corrected chi connectivity index (χ3v) is 26.4. The monoisotopic (exact) mass is 728 g/mol. The van der Waals surface area contributed by atoms with E-state index in [0.717, 1.165) is 21.1 Å². The topological polar surface area (TPSA) is 0 Å². The van der Waals surface area contributed by atoms with Crippen LogP contribution < -0.4 is 3.27 Å². The Hall–Kier alpha value is -2.31. The van der Waals surface area contributed by atoms with Gasteiger partial charge in [-0.25, -0.2) is 0 Å². The van der Waals surface area contributed by atoms with Crippen molar-refractivity contribution in [2.45, 2.75) is 87.3 Å². The molecule has 2 aliphatic rings. The summed E-state index contributed by atoms with van der Waals surface area (Å²) < 4.78 is 11.0. The Morgan fingerprint density at radius 3 is 1.65 bits per heavy atom. The van der Waals surface area contributed by atoms with Gasteiger partial charge >= 0.3 is 269 Å². The van der Waals surface area contributed by atoms with Gasteiger partial charge in [0, 0.05) is 0 Å². The van der Waals surface area contributed by atoms with E-state index in [-0.39, 0.29) is 35.6 Å². The Labute approximate surface area is 291 Å². The fourth-order valence-corrected chi connectivity index (χ4v) is 23.7. The molecule has 0 aromatic heterocycles. The molecular formula is C43H52Cl2Zr. The minimum absolute atomic E-state index is 0. The number of fused-ring (bicyclic) bond motifs is 3. The normalized spacial score (nSPS) is 14.2. The molecule has 4 aromatic carbocycles. The van der Waals surface area contributed by atoms with Crippen LogP contribution in [0.5, 0.6) is 0 Å². The Kier molecular flexibility index (Phi) is 10.3. The van der Waals surface area contributed by atoms with Crippen molar-refractivity contribution < 1.29 is 18.3 Å². The van der Waals surface area contributed by atoms with Crippen LogP contribution in [0.2, 0.25) is 0 Å². The van der Waals surface area contributed by atoms with Crippen molar-refractivity contribution in [3.63, 3.8) is 0 Å². The van der Waals surface area contributed by atoms with Crippen LogP contribution in [0.3, 0.4) is 0 Å². The van der Waals surface area contributed by atoms with Crippen molar-refractivity contribution in [2.75, 3.05) is 0 Å². The van der Waals surface area contributed by atoms with E-state index in [9.17, 15) is 0 Å². The zero-order valence-electron chi connectivity index (χ0n) is 29.1. The molecule has 0 radical (unpaired) electrons. The maximum atomic E-state index is 5.71. The quantitative estimate of drug-likeness (QED) is 0.163. The predicted octanol–water partition coefficient (Wildman–Crippen LogP) is 11.3. The Bertz CT molecular complexity index is 1820. The van der Waals surface area contributed by atoms with Crippen molar-refractivity contribution in [3.05, 3.63) is 145 Å². The van der Waals surface area contributed by atoms with E-state index in [1.807, 2.05) is 0 Å². The van der Waals surface area contributed by atoms with E-state index in [0.29, 0.717) is 0 Å². The molecular weight excluding hydrogens is 679 g/mol. The Balaban J connectivity index is 0.00000240. The number of aryl methyl sites for hydroxylation is 2. The first-order chi connectivity index (χ1) is 20.6. The maximum absolute atomic E-state index is 5.71. The third kappa shape index (κ3) is 6.68. The molecule has 0 saturated heterocycles. The summed E-state index contributed by atoms with van der Waals surface area (Å²) in [7, 11) is 0. The molecule has 0 unspecified atom stereocenters. The summed E-state index contributed by atoms with van der Waals surface area (Å²) in [6.45, 7) is 18.5. The minimum atomic E-state index is -4.40.